The largest absolute Gasteiger partial charge is 0.489 e. The highest BCUT2D eigenvalue weighted by atomic mass is 35.5. The first-order chi connectivity index (χ1) is 13.1. The van der Waals surface area contributed by atoms with Crippen molar-refractivity contribution in [2.45, 2.75) is 6.61 Å². The van der Waals surface area contributed by atoms with Crippen molar-refractivity contribution >= 4 is 29.5 Å². The summed E-state index contributed by atoms with van der Waals surface area (Å²) in [6.45, 7) is 0.456. The van der Waals surface area contributed by atoms with Gasteiger partial charge in [0.1, 0.15) is 12.4 Å². The number of carboxylic acid groups (broad SMARTS) is 1. The van der Waals surface area contributed by atoms with Crippen molar-refractivity contribution in [3.63, 3.8) is 0 Å². The van der Waals surface area contributed by atoms with Gasteiger partial charge in [-0.25, -0.2) is 4.79 Å². The third-order valence-electron chi connectivity index (χ3n) is 3.75. The number of carbonyl (C=O) groups is 1. The molecule has 0 atom stereocenters. The van der Waals surface area contributed by atoms with E-state index in [1.807, 2.05) is 48.5 Å². The molecule has 0 radical (unpaired) electrons. The molecule has 2 N–H and O–H groups in total. The van der Waals surface area contributed by atoms with Crippen LogP contribution >= 0.6 is 11.6 Å². The maximum atomic E-state index is 11.2. The van der Waals surface area contributed by atoms with E-state index in [1.54, 1.807) is 24.4 Å². The van der Waals surface area contributed by atoms with Crippen molar-refractivity contribution in [1.82, 2.24) is 0 Å². The minimum Gasteiger partial charge on any atom is -0.489 e. The van der Waals surface area contributed by atoms with Crippen LogP contribution in [-0.4, -0.2) is 17.3 Å². The molecule has 0 aliphatic heterocycles. The average Bonchev–Trinajstić information content (AvgIpc) is 2.69. The molecule has 3 aromatic carbocycles. The summed E-state index contributed by atoms with van der Waals surface area (Å²) in [5, 5.41) is 13.9. The second-order valence-corrected chi connectivity index (χ2v) is 6.14. The number of ether oxygens (including phenoxy) is 1. The van der Waals surface area contributed by atoms with Crippen LogP contribution in [0.15, 0.2) is 77.9 Å². The summed E-state index contributed by atoms with van der Waals surface area (Å²) in [5.41, 5.74) is 5.25. The van der Waals surface area contributed by atoms with Crippen LogP contribution < -0.4 is 10.2 Å². The third-order valence-corrected chi connectivity index (χ3v) is 4.01. The van der Waals surface area contributed by atoms with Crippen molar-refractivity contribution in [2.24, 2.45) is 5.10 Å². The zero-order valence-corrected chi connectivity index (χ0v) is 15.1. The van der Waals surface area contributed by atoms with E-state index in [4.69, 9.17) is 21.4 Å². The average molecular weight is 381 g/mol. The van der Waals surface area contributed by atoms with Crippen LogP contribution in [0, 0.1) is 0 Å². The lowest BCUT2D eigenvalue weighted by atomic mass is 10.2. The summed E-state index contributed by atoms with van der Waals surface area (Å²) in [5.74, 6) is -0.262. The van der Waals surface area contributed by atoms with Gasteiger partial charge in [0.15, 0.2) is 0 Å². The van der Waals surface area contributed by atoms with Crippen LogP contribution in [0.1, 0.15) is 21.5 Å². The van der Waals surface area contributed by atoms with Crippen LogP contribution in [0.3, 0.4) is 0 Å². The van der Waals surface area contributed by atoms with Gasteiger partial charge in [-0.15, -0.1) is 0 Å². The molecule has 3 aromatic rings. The Morgan fingerprint density at radius 1 is 1.04 bits per heavy atom. The Balaban J connectivity index is 1.56. The second-order valence-electron chi connectivity index (χ2n) is 5.70. The molecule has 0 heterocycles. The number of nitrogens with zero attached hydrogens (tertiary/aromatic N) is 1. The first-order valence-electron chi connectivity index (χ1n) is 8.20. The summed E-state index contributed by atoms with van der Waals surface area (Å²) in [4.78, 5) is 11.2. The Labute approximate surface area is 161 Å². The molecule has 5 nitrogen and oxygen atoms in total. The number of hydrogen-bond donors (Lipinski definition) is 2. The molecular weight excluding hydrogens is 364 g/mol. The number of halogens is 1. The number of aromatic carboxylic acids is 1. The highest BCUT2D eigenvalue weighted by Gasteiger charge is 2.07. The van der Waals surface area contributed by atoms with Gasteiger partial charge < -0.3 is 9.84 Å². The van der Waals surface area contributed by atoms with Gasteiger partial charge in [0.25, 0.3) is 0 Å². The first kappa shape index (κ1) is 18.5. The maximum Gasteiger partial charge on any atom is 0.337 e. The summed E-state index contributed by atoms with van der Waals surface area (Å²) >= 11 is 5.86. The Morgan fingerprint density at radius 2 is 1.74 bits per heavy atom. The highest BCUT2D eigenvalue weighted by molar-refractivity contribution is 6.30. The van der Waals surface area contributed by atoms with Crippen LogP contribution in [0.4, 0.5) is 5.69 Å². The molecule has 0 aromatic heterocycles. The van der Waals surface area contributed by atoms with E-state index < -0.39 is 5.97 Å². The van der Waals surface area contributed by atoms with Crippen LogP contribution in [0.5, 0.6) is 5.75 Å². The number of hydrogen-bond acceptors (Lipinski definition) is 4. The number of hydrazone groups is 1. The standard InChI is InChI=1S/C21H17ClN2O3/c22-17-9-5-16(6-10-17)14-27-18-11-7-15(8-12-18)13-23-24-20-4-2-1-3-19(20)21(25)26/h1-13,24H,14H2,(H,25,26)/b23-13+. The van der Waals surface area contributed by atoms with Crippen molar-refractivity contribution in [3.05, 3.63) is 94.5 Å². The molecule has 136 valence electrons. The number of benzene rings is 3. The minimum absolute atomic E-state index is 0.167. The molecule has 6 heteroatoms. The monoisotopic (exact) mass is 380 g/mol. The molecule has 0 fully saturated rings. The van der Waals surface area contributed by atoms with Crippen molar-refractivity contribution < 1.29 is 14.6 Å². The SMILES string of the molecule is O=C(O)c1ccccc1N/N=C/c1ccc(OCc2ccc(Cl)cc2)cc1. The number of rotatable bonds is 7. The molecule has 0 bridgehead atoms. The summed E-state index contributed by atoms with van der Waals surface area (Å²) in [6, 6.07) is 21.5. The van der Waals surface area contributed by atoms with Crippen LogP contribution in [0.2, 0.25) is 5.02 Å². The van der Waals surface area contributed by atoms with Crippen LogP contribution in [0.25, 0.3) is 0 Å². The van der Waals surface area contributed by atoms with Gasteiger partial charge in [-0.1, -0.05) is 35.9 Å². The number of nitrogens with one attached hydrogen (secondary N) is 1. The minimum atomic E-state index is -1.00. The molecule has 0 amide bonds. The molecule has 0 aliphatic carbocycles. The zero-order valence-electron chi connectivity index (χ0n) is 14.3. The normalized spacial score (nSPS) is 10.7. The maximum absolute atomic E-state index is 11.2. The number of para-hydroxylation sites is 1. The molecule has 0 unspecified atom stereocenters. The van der Waals surface area contributed by atoms with Crippen molar-refractivity contribution in [1.29, 1.82) is 0 Å². The van der Waals surface area contributed by atoms with E-state index in [9.17, 15) is 4.79 Å². The van der Waals surface area contributed by atoms with Gasteiger partial charge in [0, 0.05) is 5.02 Å². The van der Waals surface area contributed by atoms with E-state index in [1.165, 1.54) is 6.07 Å². The quantitative estimate of drug-likeness (QED) is 0.443. The van der Waals surface area contributed by atoms with E-state index in [-0.39, 0.29) is 5.56 Å². The van der Waals surface area contributed by atoms with E-state index in [0.717, 1.165) is 16.9 Å². The molecule has 27 heavy (non-hydrogen) atoms. The van der Waals surface area contributed by atoms with Gasteiger partial charge in [-0.2, -0.15) is 5.10 Å². The smallest absolute Gasteiger partial charge is 0.337 e. The lowest BCUT2D eigenvalue weighted by Crippen LogP contribution is -2.02. The summed E-state index contributed by atoms with van der Waals surface area (Å²) < 4.78 is 5.73. The van der Waals surface area contributed by atoms with Gasteiger partial charge in [0.05, 0.1) is 17.5 Å². The second kappa shape index (κ2) is 8.87. The summed E-state index contributed by atoms with van der Waals surface area (Å²) in [6.07, 6.45) is 1.61. The van der Waals surface area contributed by atoms with Gasteiger partial charge in [0.2, 0.25) is 0 Å². The molecular formula is C21H17ClN2O3. The van der Waals surface area contributed by atoms with Gasteiger partial charge in [-0.05, 0) is 59.7 Å². The molecule has 0 saturated heterocycles. The van der Waals surface area contributed by atoms with E-state index in [2.05, 4.69) is 10.5 Å². The topological polar surface area (TPSA) is 70.9 Å². The van der Waals surface area contributed by atoms with Crippen LogP contribution in [-0.2, 0) is 6.61 Å². The highest BCUT2D eigenvalue weighted by Crippen LogP contribution is 2.16. The lowest BCUT2D eigenvalue weighted by molar-refractivity contribution is 0.0698. The van der Waals surface area contributed by atoms with E-state index in [0.29, 0.717) is 17.3 Å². The fourth-order valence-electron chi connectivity index (χ4n) is 2.34. The molecule has 0 saturated carbocycles. The molecule has 0 aliphatic rings. The predicted molar refractivity (Wildman–Crippen MR) is 107 cm³/mol. The fourth-order valence-corrected chi connectivity index (χ4v) is 2.47. The molecule has 0 spiro atoms. The Hall–Kier alpha value is -3.31. The van der Waals surface area contributed by atoms with Gasteiger partial charge in [-0.3, -0.25) is 5.43 Å². The first-order valence-corrected chi connectivity index (χ1v) is 8.58. The number of carboxylic acids is 1. The Bertz CT molecular complexity index is 938. The van der Waals surface area contributed by atoms with E-state index >= 15 is 0 Å². The third kappa shape index (κ3) is 5.33. The van der Waals surface area contributed by atoms with Gasteiger partial charge >= 0.3 is 5.97 Å². The Kier molecular flexibility index (Phi) is 6.07. The zero-order chi connectivity index (χ0) is 19.1. The predicted octanol–water partition coefficient (Wildman–Crippen LogP) is 5.06. The van der Waals surface area contributed by atoms with Crippen molar-refractivity contribution in [2.75, 3.05) is 5.43 Å². The lowest BCUT2D eigenvalue weighted by Gasteiger charge is -2.07. The van der Waals surface area contributed by atoms with Crippen molar-refractivity contribution in [3.8, 4) is 5.75 Å². The Morgan fingerprint density at radius 3 is 2.44 bits per heavy atom. The number of anilines is 1. The fraction of sp³-hybridized carbons (Fsp3) is 0.0476. The molecule has 3 rings (SSSR count). The summed E-state index contributed by atoms with van der Waals surface area (Å²) in [7, 11) is 0.